The number of nitrogens with zero attached hydrogens (tertiary/aromatic N) is 1. The molecule has 0 bridgehead atoms. The van der Waals surface area contributed by atoms with Crippen LogP contribution in [-0.2, 0) is 5.41 Å². The third kappa shape index (κ3) is 3.35. The van der Waals surface area contributed by atoms with E-state index in [1.165, 1.54) is 55.4 Å². The summed E-state index contributed by atoms with van der Waals surface area (Å²) in [6.45, 7) is 13.2. The summed E-state index contributed by atoms with van der Waals surface area (Å²) in [4.78, 5) is 0. The molecule has 3 nitrogen and oxygen atoms in total. The molecule has 1 heterocycles. The largest absolute Gasteiger partial charge is 0.400 e. The van der Waals surface area contributed by atoms with Crippen molar-refractivity contribution in [2.75, 3.05) is 0 Å². The lowest BCUT2D eigenvalue weighted by atomic mass is 9.81. The quantitative estimate of drug-likeness (QED) is 0.298. The van der Waals surface area contributed by atoms with E-state index in [1.54, 1.807) is 0 Å². The summed E-state index contributed by atoms with van der Waals surface area (Å²) in [6.07, 6.45) is 8.93. The topological polar surface area (TPSA) is 57.0 Å². The zero-order valence-corrected chi connectivity index (χ0v) is 22.7. The molecule has 2 aliphatic carbocycles. The Morgan fingerprint density at radius 2 is 1.71 bits per heavy atom. The molecular weight excluding hydrogens is 462 g/mol. The van der Waals surface area contributed by atoms with Gasteiger partial charge in [-0.15, -0.1) is 0 Å². The van der Waals surface area contributed by atoms with Gasteiger partial charge in [0.1, 0.15) is 0 Å². The van der Waals surface area contributed by atoms with Gasteiger partial charge in [0, 0.05) is 34.1 Å². The van der Waals surface area contributed by atoms with Crippen molar-refractivity contribution in [3.8, 4) is 22.3 Å². The Balaban J connectivity index is 1.67. The highest BCUT2D eigenvalue weighted by molar-refractivity contribution is 6.07. The van der Waals surface area contributed by atoms with Gasteiger partial charge in [-0.1, -0.05) is 81.1 Å². The van der Waals surface area contributed by atoms with Crippen LogP contribution < -0.4 is 11.5 Å². The van der Waals surface area contributed by atoms with E-state index in [4.69, 9.17) is 11.5 Å². The first kappa shape index (κ1) is 24.1. The Bertz CT molecular complexity index is 1720. The number of rotatable bonds is 4. The molecule has 0 aliphatic heterocycles. The van der Waals surface area contributed by atoms with E-state index in [2.05, 4.69) is 112 Å². The second kappa shape index (κ2) is 8.66. The number of allylic oxidation sites excluding steroid dienone is 5. The summed E-state index contributed by atoms with van der Waals surface area (Å²) in [5.41, 5.74) is 26.5. The number of nitrogens with two attached hydrogens (primary N) is 2. The van der Waals surface area contributed by atoms with Crippen LogP contribution >= 0.6 is 0 Å². The van der Waals surface area contributed by atoms with Crippen LogP contribution in [0.2, 0.25) is 0 Å². The molecular formula is C35H35N3. The summed E-state index contributed by atoms with van der Waals surface area (Å²) in [7, 11) is 0. The molecule has 2 aliphatic rings. The molecule has 6 rings (SSSR count). The lowest BCUT2D eigenvalue weighted by Crippen LogP contribution is -2.19. The number of aromatic nitrogens is 1. The highest BCUT2D eigenvalue weighted by Crippen LogP contribution is 2.55. The Kier molecular flexibility index (Phi) is 5.50. The molecule has 190 valence electrons. The van der Waals surface area contributed by atoms with Crippen molar-refractivity contribution in [3.05, 3.63) is 119 Å². The Labute approximate surface area is 225 Å². The molecule has 0 saturated carbocycles. The van der Waals surface area contributed by atoms with E-state index >= 15 is 0 Å². The van der Waals surface area contributed by atoms with Crippen molar-refractivity contribution in [3.63, 3.8) is 0 Å². The van der Waals surface area contributed by atoms with E-state index in [0.717, 1.165) is 11.4 Å². The number of hydrogen-bond donors (Lipinski definition) is 2. The fourth-order valence-corrected chi connectivity index (χ4v) is 6.48. The van der Waals surface area contributed by atoms with Crippen LogP contribution in [0.3, 0.4) is 0 Å². The highest BCUT2D eigenvalue weighted by Gasteiger charge is 2.39. The van der Waals surface area contributed by atoms with Gasteiger partial charge in [-0.2, -0.15) is 0 Å². The Morgan fingerprint density at radius 1 is 0.974 bits per heavy atom. The van der Waals surface area contributed by atoms with Crippen LogP contribution in [0, 0.1) is 0 Å². The lowest BCUT2D eigenvalue weighted by molar-refractivity contribution is 0.600. The minimum Gasteiger partial charge on any atom is -0.400 e. The van der Waals surface area contributed by atoms with Gasteiger partial charge in [0.2, 0.25) is 0 Å². The molecule has 0 saturated heterocycles. The van der Waals surface area contributed by atoms with Gasteiger partial charge in [-0.05, 0) is 82.6 Å². The van der Waals surface area contributed by atoms with Crippen molar-refractivity contribution in [2.24, 2.45) is 11.5 Å². The summed E-state index contributed by atoms with van der Waals surface area (Å²) in [5, 5.41) is 1.26. The van der Waals surface area contributed by atoms with Crippen LogP contribution in [0.25, 0.3) is 44.8 Å². The molecule has 1 aromatic heterocycles. The Hall–Kier alpha value is -4.24. The first-order chi connectivity index (χ1) is 18.3. The molecule has 3 aromatic carbocycles. The predicted octanol–water partition coefficient (Wildman–Crippen LogP) is 8.31. The smallest absolute Gasteiger partial charge is 0.0581 e. The second-order valence-electron chi connectivity index (χ2n) is 11.0. The molecule has 4 aromatic rings. The van der Waals surface area contributed by atoms with Crippen molar-refractivity contribution >= 4 is 22.6 Å². The van der Waals surface area contributed by atoms with Crippen LogP contribution in [0.1, 0.15) is 62.5 Å². The molecule has 38 heavy (non-hydrogen) atoms. The second-order valence-corrected chi connectivity index (χ2v) is 11.0. The van der Waals surface area contributed by atoms with Gasteiger partial charge in [0.25, 0.3) is 0 Å². The molecule has 3 heteroatoms. The summed E-state index contributed by atoms with van der Waals surface area (Å²) < 4.78 is 2.37. The number of hydrogen-bond acceptors (Lipinski definition) is 2. The van der Waals surface area contributed by atoms with E-state index in [9.17, 15) is 0 Å². The van der Waals surface area contributed by atoms with Gasteiger partial charge >= 0.3 is 0 Å². The Morgan fingerprint density at radius 3 is 2.45 bits per heavy atom. The standard InChI is InChI=1S/C35H35N3/c1-6-21(3)24-11-8-9-12-25(24)26-13-10-14-28-33(26)34-27-19-22(7-2)38(23-15-17-30(36)31(37)20-23)32(27)18-16-29(34)35(28,4)5/h6-19,23H,2,20,36-37H2,1,3-5H3/b21-6+. The van der Waals surface area contributed by atoms with Crippen molar-refractivity contribution in [1.29, 1.82) is 0 Å². The summed E-state index contributed by atoms with van der Waals surface area (Å²) >= 11 is 0. The predicted molar refractivity (Wildman–Crippen MR) is 163 cm³/mol. The molecule has 1 atom stereocenters. The number of benzene rings is 3. The minimum absolute atomic E-state index is 0.0908. The zero-order chi connectivity index (χ0) is 26.8. The van der Waals surface area contributed by atoms with Crippen LogP contribution in [0.5, 0.6) is 0 Å². The van der Waals surface area contributed by atoms with Crippen molar-refractivity contribution < 1.29 is 0 Å². The SMILES string of the molecule is C=Cc1cc2c3c(ccc2n1C1C=CC(N)=C(N)C1)C(C)(C)c1cccc(-c2ccccc2/C(C)=C/C)c1-3. The fourth-order valence-electron chi connectivity index (χ4n) is 6.48. The molecule has 1 unspecified atom stereocenters. The lowest BCUT2D eigenvalue weighted by Gasteiger charge is -2.24. The van der Waals surface area contributed by atoms with E-state index in [1.807, 2.05) is 12.2 Å². The van der Waals surface area contributed by atoms with Crippen LogP contribution in [-0.4, -0.2) is 4.57 Å². The highest BCUT2D eigenvalue weighted by atomic mass is 15.0. The number of fused-ring (bicyclic) bond motifs is 5. The maximum Gasteiger partial charge on any atom is 0.0581 e. The summed E-state index contributed by atoms with van der Waals surface area (Å²) in [6, 6.07) is 22.6. The molecule has 0 fully saturated rings. The van der Waals surface area contributed by atoms with Gasteiger partial charge in [0.15, 0.2) is 0 Å². The van der Waals surface area contributed by atoms with Gasteiger partial charge in [-0.25, -0.2) is 0 Å². The van der Waals surface area contributed by atoms with E-state index in [-0.39, 0.29) is 11.5 Å². The third-order valence-electron chi connectivity index (χ3n) is 8.63. The van der Waals surface area contributed by atoms with E-state index < -0.39 is 0 Å². The maximum absolute atomic E-state index is 6.29. The monoisotopic (exact) mass is 497 g/mol. The first-order valence-electron chi connectivity index (χ1n) is 13.4. The molecule has 0 radical (unpaired) electrons. The average Bonchev–Trinajstić information content (AvgIpc) is 3.42. The average molecular weight is 498 g/mol. The van der Waals surface area contributed by atoms with E-state index in [0.29, 0.717) is 12.1 Å². The van der Waals surface area contributed by atoms with Crippen LogP contribution in [0.4, 0.5) is 0 Å². The third-order valence-corrected chi connectivity index (χ3v) is 8.63. The van der Waals surface area contributed by atoms with Gasteiger partial charge in [0.05, 0.1) is 11.7 Å². The maximum atomic E-state index is 6.29. The first-order valence-corrected chi connectivity index (χ1v) is 13.4. The van der Waals surface area contributed by atoms with Crippen molar-refractivity contribution in [1.82, 2.24) is 4.57 Å². The minimum atomic E-state index is -0.109. The van der Waals surface area contributed by atoms with Crippen molar-refractivity contribution in [2.45, 2.75) is 45.6 Å². The normalized spacial score (nSPS) is 18.1. The molecule has 0 spiro atoms. The van der Waals surface area contributed by atoms with Gasteiger partial charge < -0.3 is 16.0 Å². The zero-order valence-electron chi connectivity index (χ0n) is 22.7. The fraction of sp³-hybridized carbons (Fsp3) is 0.200. The van der Waals surface area contributed by atoms with Gasteiger partial charge in [-0.3, -0.25) is 0 Å². The summed E-state index contributed by atoms with van der Waals surface area (Å²) in [5.74, 6) is 0. The molecule has 0 amide bonds. The molecule has 4 N–H and O–H groups in total. The van der Waals surface area contributed by atoms with Crippen LogP contribution in [0.15, 0.2) is 96.9 Å².